The molecule has 1 aliphatic rings. The van der Waals surface area contributed by atoms with E-state index in [-0.39, 0.29) is 0 Å². The molecule has 0 unspecified atom stereocenters. The van der Waals surface area contributed by atoms with Crippen molar-refractivity contribution >= 4 is 17.1 Å². The molecule has 4 heteroatoms. The number of carbonyl (C=O) groups excluding carboxylic acids is 1. The van der Waals surface area contributed by atoms with Gasteiger partial charge in [0.2, 0.25) is 6.08 Å². The van der Waals surface area contributed by atoms with Gasteiger partial charge in [-0.15, -0.1) is 0 Å². The molecule has 0 atom stereocenters. The van der Waals surface area contributed by atoms with E-state index < -0.39 is 5.54 Å². The van der Waals surface area contributed by atoms with Gasteiger partial charge in [-0.2, -0.15) is 4.99 Å². The van der Waals surface area contributed by atoms with E-state index in [1.807, 2.05) is 29.8 Å². The summed E-state index contributed by atoms with van der Waals surface area (Å²) < 4.78 is 1.99. The number of imidazole rings is 1. The van der Waals surface area contributed by atoms with Crippen LogP contribution in [0.25, 0.3) is 11.0 Å². The zero-order valence-corrected chi connectivity index (χ0v) is 10.4. The third-order valence-electron chi connectivity index (χ3n) is 3.95. The molecular weight excluding hydrogens is 226 g/mol. The lowest BCUT2D eigenvalue weighted by molar-refractivity contribution is 0.459. The zero-order valence-electron chi connectivity index (χ0n) is 10.4. The molecule has 0 aliphatic heterocycles. The van der Waals surface area contributed by atoms with Gasteiger partial charge in [0.05, 0.1) is 17.4 Å². The Morgan fingerprint density at radius 2 is 2.17 bits per heavy atom. The maximum absolute atomic E-state index is 10.8. The fourth-order valence-corrected chi connectivity index (χ4v) is 3.02. The van der Waals surface area contributed by atoms with Crippen molar-refractivity contribution in [3.63, 3.8) is 0 Å². The summed E-state index contributed by atoms with van der Waals surface area (Å²) in [4.78, 5) is 19.4. The lowest BCUT2D eigenvalue weighted by atomic mass is 9.88. The highest BCUT2D eigenvalue weighted by molar-refractivity contribution is 5.80. The molecule has 92 valence electrons. The van der Waals surface area contributed by atoms with Crippen LogP contribution in [0.3, 0.4) is 0 Å². The SMILES string of the molecule is Cn1cnc2c(C3(N=C=O)CCCC3)cccc21. The number of aliphatic imine (C=N–C) groups is 1. The van der Waals surface area contributed by atoms with E-state index in [1.165, 1.54) is 0 Å². The summed E-state index contributed by atoms with van der Waals surface area (Å²) in [5, 5.41) is 0. The van der Waals surface area contributed by atoms with E-state index in [0.717, 1.165) is 42.3 Å². The van der Waals surface area contributed by atoms with Crippen molar-refractivity contribution in [3.8, 4) is 0 Å². The maximum Gasteiger partial charge on any atom is 0.235 e. The van der Waals surface area contributed by atoms with Gasteiger partial charge < -0.3 is 4.57 Å². The second kappa shape index (κ2) is 4.07. The van der Waals surface area contributed by atoms with Crippen LogP contribution >= 0.6 is 0 Å². The Balaban J connectivity index is 2.27. The molecule has 1 aromatic heterocycles. The number of para-hydroxylation sites is 1. The monoisotopic (exact) mass is 241 g/mol. The van der Waals surface area contributed by atoms with Gasteiger partial charge in [0.25, 0.3) is 0 Å². The van der Waals surface area contributed by atoms with Crippen molar-refractivity contribution in [3.05, 3.63) is 30.1 Å². The van der Waals surface area contributed by atoms with Gasteiger partial charge in [0.1, 0.15) is 5.54 Å². The van der Waals surface area contributed by atoms with E-state index in [9.17, 15) is 4.79 Å². The number of hydrogen-bond acceptors (Lipinski definition) is 3. The van der Waals surface area contributed by atoms with Crippen molar-refractivity contribution < 1.29 is 4.79 Å². The molecule has 1 heterocycles. The fraction of sp³-hybridized carbons (Fsp3) is 0.429. The van der Waals surface area contributed by atoms with Gasteiger partial charge in [-0.05, 0) is 18.9 Å². The number of aryl methyl sites for hydroxylation is 1. The molecule has 0 N–H and O–H groups in total. The van der Waals surface area contributed by atoms with E-state index in [4.69, 9.17) is 0 Å². The highest BCUT2D eigenvalue weighted by atomic mass is 16.1. The highest BCUT2D eigenvalue weighted by Gasteiger charge is 2.37. The number of benzene rings is 1. The number of nitrogens with zero attached hydrogens (tertiary/aromatic N) is 3. The first kappa shape index (κ1) is 11.2. The minimum absolute atomic E-state index is 0.393. The number of hydrogen-bond donors (Lipinski definition) is 0. The van der Waals surface area contributed by atoms with Crippen molar-refractivity contribution in [2.24, 2.45) is 12.0 Å². The fourth-order valence-electron chi connectivity index (χ4n) is 3.02. The van der Waals surface area contributed by atoms with Gasteiger partial charge in [0.15, 0.2) is 0 Å². The van der Waals surface area contributed by atoms with E-state index in [0.29, 0.717) is 0 Å². The minimum atomic E-state index is -0.393. The van der Waals surface area contributed by atoms with Gasteiger partial charge in [-0.1, -0.05) is 25.0 Å². The molecule has 0 amide bonds. The molecule has 0 radical (unpaired) electrons. The first-order chi connectivity index (χ1) is 8.77. The molecule has 1 saturated carbocycles. The number of rotatable bonds is 2. The average molecular weight is 241 g/mol. The van der Waals surface area contributed by atoms with Gasteiger partial charge in [-0.3, -0.25) is 0 Å². The molecule has 1 aliphatic carbocycles. The maximum atomic E-state index is 10.8. The Labute approximate surface area is 105 Å². The van der Waals surface area contributed by atoms with Crippen LogP contribution in [0, 0.1) is 0 Å². The Bertz CT molecular complexity index is 632. The third kappa shape index (κ3) is 1.50. The molecule has 4 nitrogen and oxygen atoms in total. The standard InChI is InChI=1S/C14H15N3O/c1-17-9-15-13-11(5-4-6-12(13)17)14(16-10-18)7-2-3-8-14/h4-6,9H,2-3,7-8H2,1H3. The summed E-state index contributed by atoms with van der Waals surface area (Å²) in [6, 6.07) is 6.10. The summed E-state index contributed by atoms with van der Waals surface area (Å²) >= 11 is 0. The van der Waals surface area contributed by atoms with Crippen LogP contribution in [0.4, 0.5) is 0 Å². The lowest BCUT2D eigenvalue weighted by Gasteiger charge is -2.23. The second-order valence-electron chi connectivity index (χ2n) is 4.97. The van der Waals surface area contributed by atoms with Crippen molar-refractivity contribution in [1.82, 2.24) is 9.55 Å². The quantitative estimate of drug-likeness (QED) is 0.599. The second-order valence-corrected chi connectivity index (χ2v) is 4.97. The Hall–Kier alpha value is -1.93. The van der Waals surface area contributed by atoms with Crippen molar-refractivity contribution in [2.45, 2.75) is 31.2 Å². The Kier molecular flexibility index (Phi) is 2.53. The summed E-state index contributed by atoms with van der Waals surface area (Å²) in [7, 11) is 1.98. The Morgan fingerprint density at radius 1 is 1.39 bits per heavy atom. The van der Waals surface area contributed by atoms with Crippen LogP contribution in [-0.2, 0) is 17.4 Å². The van der Waals surface area contributed by atoms with Crippen LogP contribution in [-0.4, -0.2) is 15.6 Å². The summed E-state index contributed by atoms with van der Waals surface area (Å²) in [5.41, 5.74) is 2.72. The van der Waals surface area contributed by atoms with Crippen LogP contribution in [0.5, 0.6) is 0 Å². The molecule has 18 heavy (non-hydrogen) atoms. The van der Waals surface area contributed by atoms with Crippen LogP contribution < -0.4 is 0 Å². The first-order valence-corrected chi connectivity index (χ1v) is 6.26. The molecule has 1 fully saturated rings. The van der Waals surface area contributed by atoms with Crippen molar-refractivity contribution in [2.75, 3.05) is 0 Å². The molecule has 1 aromatic carbocycles. The van der Waals surface area contributed by atoms with Gasteiger partial charge >= 0.3 is 0 Å². The van der Waals surface area contributed by atoms with Crippen LogP contribution in [0.15, 0.2) is 29.5 Å². The third-order valence-corrected chi connectivity index (χ3v) is 3.95. The Morgan fingerprint density at radius 3 is 2.89 bits per heavy atom. The van der Waals surface area contributed by atoms with Gasteiger partial charge in [0, 0.05) is 12.6 Å². The van der Waals surface area contributed by atoms with E-state index >= 15 is 0 Å². The molecule has 0 saturated heterocycles. The molecule has 0 spiro atoms. The first-order valence-electron chi connectivity index (χ1n) is 6.26. The number of fused-ring (bicyclic) bond motifs is 1. The molecule has 3 rings (SSSR count). The van der Waals surface area contributed by atoms with E-state index in [1.54, 1.807) is 12.4 Å². The van der Waals surface area contributed by atoms with Crippen LogP contribution in [0.2, 0.25) is 0 Å². The zero-order chi connectivity index (χ0) is 12.6. The number of isocyanates is 1. The summed E-state index contributed by atoms with van der Waals surface area (Å²) in [6.07, 6.45) is 7.61. The predicted octanol–water partition coefficient (Wildman–Crippen LogP) is 2.68. The molecule has 2 aromatic rings. The summed E-state index contributed by atoms with van der Waals surface area (Å²) in [5.74, 6) is 0. The van der Waals surface area contributed by atoms with E-state index in [2.05, 4.69) is 9.98 Å². The number of aromatic nitrogens is 2. The largest absolute Gasteiger partial charge is 0.334 e. The molecule has 0 bridgehead atoms. The molecular formula is C14H15N3O. The van der Waals surface area contributed by atoms with Crippen molar-refractivity contribution in [1.29, 1.82) is 0 Å². The van der Waals surface area contributed by atoms with Gasteiger partial charge in [-0.25, -0.2) is 9.78 Å². The average Bonchev–Trinajstić information content (AvgIpc) is 2.98. The smallest absolute Gasteiger partial charge is 0.235 e. The minimum Gasteiger partial charge on any atom is -0.334 e. The van der Waals surface area contributed by atoms with Crippen LogP contribution in [0.1, 0.15) is 31.2 Å². The topological polar surface area (TPSA) is 47.2 Å². The summed E-state index contributed by atoms with van der Waals surface area (Å²) in [6.45, 7) is 0. The predicted molar refractivity (Wildman–Crippen MR) is 69.0 cm³/mol. The lowest BCUT2D eigenvalue weighted by Crippen LogP contribution is -2.19. The highest BCUT2D eigenvalue weighted by Crippen LogP contribution is 2.44. The normalized spacial score (nSPS) is 17.8.